The minimum absolute atomic E-state index is 0. The van der Waals surface area contributed by atoms with E-state index < -0.39 is 5.60 Å². The van der Waals surface area contributed by atoms with Crippen LogP contribution >= 0.6 is 24.0 Å². The molecule has 0 aliphatic heterocycles. The van der Waals surface area contributed by atoms with E-state index >= 15 is 0 Å². The van der Waals surface area contributed by atoms with Crippen LogP contribution in [0, 0.1) is 5.92 Å². The number of amides is 1. The number of hydrogen-bond donors (Lipinski definition) is 2. The molecule has 0 saturated heterocycles. The van der Waals surface area contributed by atoms with E-state index in [1.807, 2.05) is 27.7 Å². The third kappa shape index (κ3) is 10.1. The Hall–Kier alpha value is -0.730. The number of rotatable bonds is 6. The van der Waals surface area contributed by atoms with E-state index in [0.717, 1.165) is 25.0 Å². The largest absolute Gasteiger partial charge is 0.444 e. The summed E-state index contributed by atoms with van der Waals surface area (Å²) in [5.74, 6) is 1.59. The minimum Gasteiger partial charge on any atom is -0.444 e. The van der Waals surface area contributed by atoms with Gasteiger partial charge in [0.15, 0.2) is 5.96 Å². The van der Waals surface area contributed by atoms with Crippen LogP contribution in [0.3, 0.4) is 0 Å². The van der Waals surface area contributed by atoms with Crippen molar-refractivity contribution in [2.24, 2.45) is 10.9 Å². The number of nitrogens with zero attached hydrogens (tertiary/aromatic N) is 2. The molecule has 1 fully saturated rings. The zero-order chi connectivity index (χ0) is 15.9. The Morgan fingerprint density at radius 1 is 1.32 bits per heavy atom. The molecule has 1 amide bonds. The van der Waals surface area contributed by atoms with Gasteiger partial charge in [0.05, 0.1) is 0 Å². The van der Waals surface area contributed by atoms with Crippen molar-refractivity contribution in [3.05, 3.63) is 0 Å². The fraction of sp³-hybridized carbons (Fsp3) is 0.867. The van der Waals surface area contributed by atoms with E-state index in [9.17, 15) is 4.79 Å². The summed E-state index contributed by atoms with van der Waals surface area (Å²) in [7, 11) is 1.74. The average molecular weight is 426 g/mol. The van der Waals surface area contributed by atoms with Crippen LogP contribution in [0.5, 0.6) is 0 Å². The third-order valence-electron chi connectivity index (χ3n) is 2.99. The van der Waals surface area contributed by atoms with Crippen molar-refractivity contribution in [1.29, 1.82) is 0 Å². The van der Waals surface area contributed by atoms with Gasteiger partial charge in [0.1, 0.15) is 5.60 Å². The first-order chi connectivity index (χ1) is 9.81. The van der Waals surface area contributed by atoms with E-state index in [4.69, 9.17) is 4.74 Å². The number of carbonyl (C=O) groups excluding carboxylic acids is 1. The molecule has 130 valence electrons. The lowest BCUT2D eigenvalue weighted by Gasteiger charge is -2.24. The first kappa shape index (κ1) is 21.3. The highest BCUT2D eigenvalue weighted by molar-refractivity contribution is 14.0. The normalized spacial score (nSPS) is 14.9. The summed E-state index contributed by atoms with van der Waals surface area (Å²) in [6.07, 6.45) is 2.29. The number of likely N-dealkylation sites (N-methyl/N-ethyl adjacent to an activating group) is 1. The maximum Gasteiger partial charge on any atom is 0.410 e. The number of aliphatic imine (C=N–C) groups is 1. The van der Waals surface area contributed by atoms with Crippen LogP contribution in [0.1, 0.15) is 40.5 Å². The quantitative estimate of drug-likeness (QED) is 0.389. The molecule has 0 radical (unpaired) electrons. The number of carbonyl (C=O) groups is 1. The maximum absolute atomic E-state index is 11.8. The zero-order valence-corrected chi connectivity index (χ0v) is 16.8. The van der Waals surface area contributed by atoms with Crippen LogP contribution < -0.4 is 10.6 Å². The first-order valence-corrected chi connectivity index (χ1v) is 7.78. The molecule has 0 aromatic rings. The van der Waals surface area contributed by atoms with Gasteiger partial charge in [-0.3, -0.25) is 4.99 Å². The molecule has 22 heavy (non-hydrogen) atoms. The molecule has 0 unspecified atom stereocenters. The second kappa shape index (κ2) is 10.1. The van der Waals surface area contributed by atoms with Gasteiger partial charge < -0.3 is 20.3 Å². The van der Waals surface area contributed by atoms with Crippen LogP contribution in [0.2, 0.25) is 0 Å². The Labute approximate surface area is 151 Å². The second-order valence-electron chi connectivity index (χ2n) is 6.49. The standard InChI is InChI=1S/C15H30N4O2.HI/c1-6-16-13(18-11-12-7-8-12)17-9-10-19(5)14(20)21-15(2,3)4;/h12H,6-11H2,1-5H3,(H2,16,17,18);1H. The third-order valence-corrected chi connectivity index (χ3v) is 2.99. The fourth-order valence-electron chi connectivity index (χ4n) is 1.64. The van der Waals surface area contributed by atoms with Crippen molar-refractivity contribution in [3.8, 4) is 0 Å². The molecular formula is C15H31IN4O2. The molecule has 7 heteroatoms. The molecule has 0 spiro atoms. The van der Waals surface area contributed by atoms with Gasteiger partial charge in [-0.05, 0) is 46.5 Å². The fourth-order valence-corrected chi connectivity index (χ4v) is 1.64. The Morgan fingerprint density at radius 2 is 1.95 bits per heavy atom. The van der Waals surface area contributed by atoms with Crippen molar-refractivity contribution in [1.82, 2.24) is 15.5 Å². The summed E-state index contributed by atoms with van der Waals surface area (Å²) >= 11 is 0. The molecule has 1 saturated carbocycles. The number of halogens is 1. The van der Waals surface area contributed by atoms with E-state index in [0.29, 0.717) is 13.1 Å². The number of hydrogen-bond acceptors (Lipinski definition) is 3. The lowest BCUT2D eigenvalue weighted by atomic mass is 10.2. The molecule has 1 rings (SSSR count). The molecule has 0 bridgehead atoms. The molecule has 1 aliphatic rings. The second-order valence-corrected chi connectivity index (χ2v) is 6.49. The topological polar surface area (TPSA) is 66.0 Å². The Kier molecular flexibility index (Phi) is 9.79. The van der Waals surface area contributed by atoms with Gasteiger partial charge in [0.2, 0.25) is 0 Å². The lowest BCUT2D eigenvalue weighted by Crippen LogP contribution is -2.43. The predicted octanol–water partition coefficient (Wildman–Crippen LogP) is 2.44. The summed E-state index contributed by atoms with van der Waals surface area (Å²) in [5.41, 5.74) is -0.459. The molecule has 2 N–H and O–H groups in total. The molecule has 0 atom stereocenters. The minimum atomic E-state index is -0.459. The Bertz CT molecular complexity index is 365. The number of nitrogens with one attached hydrogen (secondary N) is 2. The van der Waals surface area contributed by atoms with Crippen molar-refractivity contribution in [3.63, 3.8) is 0 Å². The number of ether oxygens (including phenoxy) is 1. The summed E-state index contributed by atoms with van der Waals surface area (Å²) in [6, 6.07) is 0. The van der Waals surface area contributed by atoms with Crippen LogP contribution in [0.25, 0.3) is 0 Å². The Morgan fingerprint density at radius 3 is 2.45 bits per heavy atom. The van der Waals surface area contributed by atoms with Gasteiger partial charge in [-0.1, -0.05) is 0 Å². The van der Waals surface area contributed by atoms with E-state index in [1.54, 1.807) is 11.9 Å². The predicted molar refractivity (Wildman–Crippen MR) is 101 cm³/mol. The van der Waals surface area contributed by atoms with Crippen molar-refractivity contribution < 1.29 is 9.53 Å². The monoisotopic (exact) mass is 426 g/mol. The highest BCUT2D eigenvalue weighted by Gasteiger charge is 2.21. The number of guanidine groups is 1. The van der Waals surface area contributed by atoms with Crippen molar-refractivity contribution in [2.75, 3.05) is 33.2 Å². The SMILES string of the molecule is CCNC(=NCC1CC1)NCCN(C)C(=O)OC(C)(C)C.I. The molecule has 0 aromatic heterocycles. The summed E-state index contributed by atoms with van der Waals surface area (Å²) < 4.78 is 5.31. The smallest absolute Gasteiger partial charge is 0.410 e. The lowest BCUT2D eigenvalue weighted by molar-refractivity contribution is 0.0302. The average Bonchev–Trinajstić information content (AvgIpc) is 3.17. The highest BCUT2D eigenvalue weighted by Crippen LogP contribution is 2.28. The zero-order valence-electron chi connectivity index (χ0n) is 14.4. The van der Waals surface area contributed by atoms with Crippen LogP contribution in [0.15, 0.2) is 4.99 Å². The van der Waals surface area contributed by atoms with Crippen molar-refractivity contribution in [2.45, 2.75) is 46.1 Å². The van der Waals surface area contributed by atoms with Crippen LogP contribution in [-0.4, -0.2) is 55.8 Å². The summed E-state index contributed by atoms with van der Waals surface area (Å²) in [4.78, 5) is 17.9. The van der Waals surface area contributed by atoms with Gasteiger partial charge in [-0.2, -0.15) is 0 Å². The van der Waals surface area contributed by atoms with Gasteiger partial charge in [-0.15, -0.1) is 24.0 Å². The highest BCUT2D eigenvalue weighted by atomic mass is 127. The van der Waals surface area contributed by atoms with Gasteiger partial charge in [0.25, 0.3) is 0 Å². The van der Waals surface area contributed by atoms with E-state index in [-0.39, 0.29) is 30.1 Å². The van der Waals surface area contributed by atoms with E-state index in [2.05, 4.69) is 15.6 Å². The van der Waals surface area contributed by atoms with Gasteiger partial charge >= 0.3 is 6.09 Å². The van der Waals surface area contributed by atoms with Crippen molar-refractivity contribution >= 4 is 36.0 Å². The van der Waals surface area contributed by atoms with Gasteiger partial charge in [0, 0.05) is 33.2 Å². The molecule has 0 heterocycles. The van der Waals surface area contributed by atoms with Crippen LogP contribution in [-0.2, 0) is 4.74 Å². The van der Waals surface area contributed by atoms with Crippen LogP contribution in [0.4, 0.5) is 4.79 Å². The molecule has 6 nitrogen and oxygen atoms in total. The van der Waals surface area contributed by atoms with Gasteiger partial charge in [-0.25, -0.2) is 4.79 Å². The molecule has 0 aromatic carbocycles. The summed E-state index contributed by atoms with van der Waals surface area (Å²) in [6.45, 7) is 10.6. The van der Waals surface area contributed by atoms with E-state index in [1.165, 1.54) is 12.8 Å². The molecular weight excluding hydrogens is 395 g/mol. The maximum atomic E-state index is 11.8. The first-order valence-electron chi connectivity index (χ1n) is 7.78. The Balaban J connectivity index is 0.00000441. The molecule has 1 aliphatic carbocycles. The summed E-state index contributed by atoms with van der Waals surface area (Å²) in [5, 5.41) is 6.45.